The average Bonchev–Trinajstić information content (AvgIpc) is 2.98. The minimum atomic E-state index is -0.467. The van der Waals surface area contributed by atoms with Crippen LogP contribution in [0.3, 0.4) is 0 Å². The number of halogens is 1. The standard InChI is InChI=1S/C21H19BrN2O4/c1-3-10-28-19-13-17(22)14(12-18(19)27-4-2)11-16-20(25)23-24(21(16)26)15-8-6-5-7-9-15/h3,5-9,11-13H,1,4,10H2,2H3,(H,23,25)/b16-11-. The van der Waals surface area contributed by atoms with Crippen LogP contribution in [0.2, 0.25) is 0 Å². The van der Waals surface area contributed by atoms with Crippen LogP contribution in [-0.4, -0.2) is 25.0 Å². The molecule has 2 aromatic carbocycles. The van der Waals surface area contributed by atoms with Crippen LogP contribution < -0.4 is 19.9 Å². The van der Waals surface area contributed by atoms with E-state index in [1.165, 1.54) is 11.1 Å². The molecule has 1 aliphatic heterocycles. The summed E-state index contributed by atoms with van der Waals surface area (Å²) in [5.41, 5.74) is 3.83. The minimum Gasteiger partial charge on any atom is -0.490 e. The topological polar surface area (TPSA) is 67.9 Å². The van der Waals surface area contributed by atoms with Crippen LogP contribution in [0, 0.1) is 0 Å². The molecule has 1 fully saturated rings. The molecule has 1 N–H and O–H groups in total. The number of hydrazine groups is 1. The Morgan fingerprint density at radius 2 is 1.86 bits per heavy atom. The molecule has 6 nitrogen and oxygen atoms in total. The van der Waals surface area contributed by atoms with E-state index in [1.54, 1.807) is 42.5 Å². The highest BCUT2D eigenvalue weighted by molar-refractivity contribution is 9.10. The van der Waals surface area contributed by atoms with Gasteiger partial charge in [-0.25, -0.2) is 5.01 Å². The van der Waals surface area contributed by atoms with E-state index in [4.69, 9.17) is 9.47 Å². The Hall–Kier alpha value is -3.06. The zero-order valence-corrected chi connectivity index (χ0v) is 16.9. The van der Waals surface area contributed by atoms with Crippen molar-refractivity contribution in [2.75, 3.05) is 18.2 Å². The third kappa shape index (κ3) is 4.09. The smallest absolute Gasteiger partial charge is 0.282 e. The Bertz CT molecular complexity index is 941. The SMILES string of the molecule is C=CCOc1cc(Br)c(/C=C2/C(=O)NN(c3ccccc3)C2=O)cc1OCC. The molecule has 1 saturated heterocycles. The van der Waals surface area contributed by atoms with Gasteiger partial charge in [0, 0.05) is 4.47 Å². The van der Waals surface area contributed by atoms with Gasteiger partial charge in [-0.05, 0) is 42.8 Å². The highest BCUT2D eigenvalue weighted by Gasteiger charge is 2.34. The van der Waals surface area contributed by atoms with E-state index in [9.17, 15) is 9.59 Å². The van der Waals surface area contributed by atoms with E-state index in [0.29, 0.717) is 40.4 Å². The van der Waals surface area contributed by atoms with Gasteiger partial charge in [0.1, 0.15) is 12.2 Å². The van der Waals surface area contributed by atoms with Gasteiger partial charge in [-0.1, -0.05) is 46.8 Å². The van der Waals surface area contributed by atoms with Crippen molar-refractivity contribution in [3.63, 3.8) is 0 Å². The van der Waals surface area contributed by atoms with E-state index in [-0.39, 0.29) is 5.57 Å². The van der Waals surface area contributed by atoms with E-state index >= 15 is 0 Å². The Morgan fingerprint density at radius 3 is 2.54 bits per heavy atom. The molecule has 1 aliphatic rings. The monoisotopic (exact) mass is 442 g/mol. The van der Waals surface area contributed by atoms with Crippen molar-refractivity contribution in [2.45, 2.75) is 6.92 Å². The number of nitrogens with zero attached hydrogens (tertiary/aromatic N) is 1. The van der Waals surface area contributed by atoms with Gasteiger partial charge in [0.2, 0.25) is 0 Å². The molecule has 0 aromatic heterocycles. The maximum absolute atomic E-state index is 12.7. The molecule has 0 radical (unpaired) electrons. The lowest BCUT2D eigenvalue weighted by atomic mass is 10.1. The van der Waals surface area contributed by atoms with Crippen molar-refractivity contribution in [1.29, 1.82) is 0 Å². The van der Waals surface area contributed by atoms with E-state index < -0.39 is 11.8 Å². The molecule has 0 bridgehead atoms. The van der Waals surface area contributed by atoms with E-state index in [1.807, 2.05) is 13.0 Å². The van der Waals surface area contributed by atoms with Crippen molar-refractivity contribution in [3.05, 3.63) is 70.7 Å². The molecule has 0 atom stereocenters. The van der Waals surface area contributed by atoms with Crippen LogP contribution in [-0.2, 0) is 9.59 Å². The van der Waals surface area contributed by atoms with Crippen molar-refractivity contribution >= 4 is 39.5 Å². The van der Waals surface area contributed by atoms with Crippen molar-refractivity contribution in [3.8, 4) is 11.5 Å². The number of carbonyl (C=O) groups excluding carboxylic acids is 2. The van der Waals surface area contributed by atoms with Gasteiger partial charge in [0.05, 0.1) is 12.3 Å². The lowest BCUT2D eigenvalue weighted by molar-refractivity contribution is -0.117. The fourth-order valence-electron chi connectivity index (χ4n) is 2.66. The third-order valence-electron chi connectivity index (χ3n) is 3.93. The summed E-state index contributed by atoms with van der Waals surface area (Å²) in [7, 11) is 0. The number of hydrogen-bond donors (Lipinski definition) is 1. The third-order valence-corrected chi connectivity index (χ3v) is 4.61. The van der Waals surface area contributed by atoms with Gasteiger partial charge in [-0.2, -0.15) is 0 Å². The Balaban J connectivity index is 1.96. The molecule has 28 heavy (non-hydrogen) atoms. The predicted molar refractivity (Wildman–Crippen MR) is 111 cm³/mol. The predicted octanol–water partition coefficient (Wildman–Crippen LogP) is 3.87. The number of para-hydroxylation sites is 1. The maximum atomic E-state index is 12.7. The van der Waals surface area contributed by atoms with Gasteiger partial charge in [0.25, 0.3) is 11.8 Å². The van der Waals surface area contributed by atoms with Gasteiger partial charge < -0.3 is 9.47 Å². The van der Waals surface area contributed by atoms with Crippen LogP contribution in [0.15, 0.2) is 65.2 Å². The number of nitrogens with one attached hydrogen (secondary N) is 1. The zero-order chi connectivity index (χ0) is 20.1. The fourth-order valence-corrected chi connectivity index (χ4v) is 3.10. The van der Waals surface area contributed by atoms with Gasteiger partial charge in [-0.3, -0.25) is 15.0 Å². The highest BCUT2D eigenvalue weighted by atomic mass is 79.9. The first-order valence-corrected chi connectivity index (χ1v) is 9.46. The molecule has 0 unspecified atom stereocenters. The first-order chi connectivity index (χ1) is 13.5. The molecule has 0 saturated carbocycles. The number of amides is 2. The normalized spacial score (nSPS) is 14.9. The molecule has 0 spiro atoms. The van der Waals surface area contributed by atoms with E-state index in [0.717, 1.165) is 0 Å². The Kier molecular flexibility index (Phi) is 6.16. The molecular weight excluding hydrogens is 424 g/mol. The first kappa shape index (κ1) is 19.7. The molecule has 0 aliphatic carbocycles. The largest absolute Gasteiger partial charge is 0.490 e. The zero-order valence-electron chi connectivity index (χ0n) is 15.3. The number of hydrogen-bond acceptors (Lipinski definition) is 4. The first-order valence-electron chi connectivity index (χ1n) is 8.67. The molecule has 2 amide bonds. The fraction of sp³-hybridized carbons (Fsp3) is 0.143. The molecule has 144 valence electrons. The Morgan fingerprint density at radius 1 is 1.14 bits per heavy atom. The Labute approximate surface area is 171 Å². The second kappa shape index (κ2) is 8.75. The van der Waals surface area contributed by atoms with Gasteiger partial charge in [-0.15, -0.1) is 0 Å². The summed E-state index contributed by atoms with van der Waals surface area (Å²) in [5.74, 6) is 0.174. The van der Waals surface area contributed by atoms with Crippen LogP contribution in [0.5, 0.6) is 11.5 Å². The summed E-state index contributed by atoms with van der Waals surface area (Å²) in [6.07, 6.45) is 3.17. The van der Waals surface area contributed by atoms with Crippen molar-refractivity contribution in [2.24, 2.45) is 0 Å². The molecule has 1 heterocycles. The van der Waals surface area contributed by atoms with Crippen LogP contribution in [0.4, 0.5) is 5.69 Å². The number of rotatable bonds is 7. The summed E-state index contributed by atoms with van der Waals surface area (Å²) in [5, 5.41) is 1.23. The second-order valence-electron chi connectivity index (χ2n) is 5.83. The summed E-state index contributed by atoms with van der Waals surface area (Å²) in [6.45, 7) is 6.28. The second-order valence-corrected chi connectivity index (χ2v) is 6.68. The average molecular weight is 443 g/mol. The minimum absolute atomic E-state index is 0.0340. The molecule has 3 rings (SSSR count). The lowest BCUT2D eigenvalue weighted by Gasteiger charge is -2.14. The number of carbonyl (C=O) groups is 2. The summed E-state index contributed by atoms with van der Waals surface area (Å²) in [6, 6.07) is 12.4. The molecular formula is C21H19BrN2O4. The number of anilines is 1. The van der Waals surface area contributed by atoms with Gasteiger partial charge in [0.15, 0.2) is 11.5 Å². The maximum Gasteiger partial charge on any atom is 0.282 e. The molecule has 2 aromatic rings. The summed E-state index contributed by atoms with van der Waals surface area (Å²) in [4.78, 5) is 25.1. The molecule has 7 heteroatoms. The number of ether oxygens (including phenoxy) is 2. The van der Waals surface area contributed by atoms with E-state index in [2.05, 4.69) is 27.9 Å². The number of benzene rings is 2. The van der Waals surface area contributed by atoms with Crippen molar-refractivity contribution in [1.82, 2.24) is 5.43 Å². The van der Waals surface area contributed by atoms with Gasteiger partial charge >= 0.3 is 0 Å². The highest BCUT2D eigenvalue weighted by Crippen LogP contribution is 2.35. The van der Waals surface area contributed by atoms with Crippen LogP contribution in [0.25, 0.3) is 6.08 Å². The quantitative estimate of drug-likeness (QED) is 0.401. The van der Waals surface area contributed by atoms with Crippen LogP contribution >= 0.6 is 15.9 Å². The summed E-state index contributed by atoms with van der Waals surface area (Å²) >= 11 is 3.47. The van der Waals surface area contributed by atoms with Crippen molar-refractivity contribution < 1.29 is 19.1 Å². The lowest BCUT2D eigenvalue weighted by Crippen LogP contribution is -2.35. The summed E-state index contributed by atoms with van der Waals surface area (Å²) < 4.78 is 11.9. The van der Waals surface area contributed by atoms with Crippen LogP contribution in [0.1, 0.15) is 12.5 Å².